The zero-order valence-corrected chi connectivity index (χ0v) is 12.1. The van der Waals surface area contributed by atoms with Gasteiger partial charge in [-0.2, -0.15) is 0 Å². The van der Waals surface area contributed by atoms with Gasteiger partial charge in [0, 0.05) is 24.9 Å². The fraction of sp³-hybridized carbons (Fsp3) is 0.643. The maximum atomic E-state index is 12.2. The summed E-state index contributed by atoms with van der Waals surface area (Å²) in [6.45, 7) is 2.47. The Hall–Kier alpha value is -1.89. The fourth-order valence-electron chi connectivity index (χ4n) is 2.59. The van der Waals surface area contributed by atoms with Crippen molar-refractivity contribution in [2.24, 2.45) is 5.92 Å². The molecule has 7 heteroatoms. The number of hydrogen-bond acceptors (Lipinski definition) is 4. The number of imidazole rings is 1. The normalized spacial score (nSPS) is 22.9. The highest BCUT2D eigenvalue weighted by Crippen LogP contribution is 2.19. The Morgan fingerprint density at radius 1 is 1.52 bits per heavy atom. The lowest BCUT2D eigenvalue weighted by atomic mass is 10.0. The van der Waals surface area contributed by atoms with Crippen LogP contribution in [0.15, 0.2) is 18.7 Å². The number of ether oxygens (including phenoxy) is 1. The van der Waals surface area contributed by atoms with Gasteiger partial charge in [-0.25, -0.2) is 4.98 Å². The van der Waals surface area contributed by atoms with Gasteiger partial charge >= 0.3 is 5.97 Å². The van der Waals surface area contributed by atoms with E-state index in [2.05, 4.69) is 17.2 Å². The summed E-state index contributed by atoms with van der Waals surface area (Å²) in [6.07, 6.45) is 7.37. The number of nitrogens with one attached hydrogen (secondary N) is 1. The quantitative estimate of drug-likeness (QED) is 0.777. The van der Waals surface area contributed by atoms with E-state index in [0.717, 1.165) is 12.8 Å². The van der Waals surface area contributed by atoms with Gasteiger partial charge in [0.2, 0.25) is 5.91 Å². The first kappa shape index (κ1) is 15.5. The number of amides is 1. The molecule has 3 unspecified atom stereocenters. The third-order valence-electron chi connectivity index (χ3n) is 3.73. The second kappa shape index (κ2) is 7.21. The molecule has 0 aromatic carbocycles. The van der Waals surface area contributed by atoms with Gasteiger partial charge in [0.05, 0.1) is 25.6 Å². The zero-order chi connectivity index (χ0) is 15.2. The largest absolute Gasteiger partial charge is 0.481 e. The molecule has 1 aromatic heterocycles. The van der Waals surface area contributed by atoms with Crippen molar-refractivity contribution in [2.75, 3.05) is 13.2 Å². The predicted molar refractivity (Wildman–Crippen MR) is 74.7 cm³/mol. The Labute approximate surface area is 123 Å². The number of carbonyl (C=O) groups excluding carboxylic acids is 1. The van der Waals surface area contributed by atoms with E-state index in [1.54, 1.807) is 12.5 Å². The maximum absolute atomic E-state index is 12.2. The summed E-state index contributed by atoms with van der Waals surface area (Å²) < 4.78 is 7.07. The number of aliphatic carboxylic acids is 1. The molecule has 0 saturated carbocycles. The van der Waals surface area contributed by atoms with E-state index in [1.165, 1.54) is 0 Å². The minimum absolute atomic E-state index is 0.0445. The molecule has 2 heterocycles. The zero-order valence-electron chi connectivity index (χ0n) is 12.1. The van der Waals surface area contributed by atoms with Gasteiger partial charge in [0.1, 0.15) is 5.92 Å². The van der Waals surface area contributed by atoms with Crippen LogP contribution < -0.4 is 5.32 Å². The van der Waals surface area contributed by atoms with Crippen LogP contribution in [-0.4, -0.2) is 45.8 Å². The summed E-state index contributed by atoms with van der Waals surface area (Å²) in [5, 5.41) is 11.9. The first-order valence-electron chi connectivity index (χ1n) is 7.19. The molecule has 2 rings (SSSR count). The minimum atomic E-state index is -0.933. The van der Waals surface area contributed by atoms with Gasteiger partial charge in [-0.15, -0.1) is 0 Å². The molecule has 1 aromatic rings. The molecule has 1 aliphatic rings. The summed E-state index contributed by atoms with van der Waals surface area (Å²) in [7, 11) is 0. The van der Waals surface area contributed by atoms with Crippen molar-refractivity contribution in [2.45, 2.75) is 38.3 Å². The Morgan fingerprint density at radius 3 is 2.95 bits per heavy atom. The summed E-state index contributed by atoms with van der Waals surface area (Å²) in [5.74, 6) is -1.74. The average molecular weight is 295 g/mol. The molecule has 1 fully saturated rings. The number of carbonyl (C=O) groups is 2. The molecule has 0 spiro atoms. The summed E-state index contributed by atoms with van der Waals surface area (Å²) in [5.41, 5.74) is 0. The molecule has 0 bridgehead atoms. The topological polar surface area (TPSA) is 93.5 Å². The number of hydrogen-bond donors (Lipinski definition) is 2. The molecule has 2 N–H and O–H groups in total. The molecule has 3 atom stereocenters. The van der Waals surface area contributed by atoms with E-state index in [9.17, 15) is 9.59 Å². The van der Waals surface area contributed by atoms with Gasteiger partial charge in [-0.05, 0) is 6.42 Å². The van der Waals surface area contributed by atoms with E-state index in [0.29, 0.717) is 6.42 Å². The molecule has 1 saturated heterocycles. The van der Waals surface area contributed by atoms with E-state index < -0.39 is 17.9 Å². The van der Waals surface area contributed by atoms with Crippen LogP contribution in [0, 0.1) is 5.92 Å². The van der Waals surface area contributed by atoms with Crippen molar-refractivity contribution in [3.8, 4) is 0 Å². The van der Waals surface area contributed by atoms with E-state index >= 15 is 0 Å². The lowest BCUT2D eigenvalue weighted by molar-refractivity contribution is -0.142. The standard InChI is InChI=1S/C14H21N3O4/c1-2-3-10(17-5-4-15-9-17)6-13(18)16-12-8-21-7-11(12)14(19)20/h4-5,9-12H,2-3,6-8H2,1H3,(H,16,18)(H,19,20). The minimum Gasteiger partial charge on any atom is -0.481 e. The first-order chi connectivity index (χ1) is 10.1. The highest BCUT2D eigenvalue weighted by Gasteiger charge is 2.35. The van der Waals surface area contributed by atoms with Gasteiger partial charge in [0.15, 0.2) is 0 Å². The molecule has 0 aliphatic carbocycles. The molecule has 116 valence electrons. The Balaban J connectivity index is 1.92. The van der Waals surface area contributed by atoms with Crippen LogP contribution in [0.3, 0.4) is 0 Å². The van der Waals surface area contributed by atoms with Crippen LogP contribution in [0.25, 0.3) is 0 Å². The molecule has 1 amide bonds. The Bertz CT molecular complexity index is 475. The average Bonchev–Trinajstić information content (AvgIpc) is 3.08. The highest BCUT2D eigenvalue weighted by molar-refractivity contribution is 5.78. The van der Waals surface area contributed by atoms with Crippen LogP contribution in [0.4, 0.5) is 0 Å². The molecular weight excluding hydrogens is 274 g/mol. The molecular formula is C14H21N3O4. The van der Waals surface area contributed by atoms with Crippen molar-refractivity contribution >= 4 is 11.9 Å². The fourth-order valence-corrected chi connectivity index (χ4v) is 2.59. The van der Waals surface area contributed by atoms with Crippen LogP contribution >= 0.6 is 0 Å². The SMILES string of the molecule is CCCC(CC(=O)NC1COCC1C(=O)O)n1ccnc1. The van der Waals surface area contributed by atoms with Crippen LogP contribution in [0.5, 0.6) is 0 Å². The third kappa shape index (κ3) is 4.04. The second-order valence-electron chi connectivity index (χ2n) is 5.31. The Morgan fingerprint density at radius 2 is 2.33 bits per heavy atom. The van der Waals surface area contributed by atoms with E-state index in [-0.39, 0.29) is 25.2 Å². The summed E-state index contributed by atoms with van der Waals surface area (Å²) in [4.78, 5) is 27.2. The summed E-state index contributed by atoms with van der Waals surface area (Å²) in [6, 6.07) is -0.400. The lowest BCUT2D eigenvalue weighted by Gasteiger charge is -2.20. The van der Waals surface area contributed by atoms with Crippen molar-refractivity contribution in [3.05, 3.63) is 18.7 Å². The maximum Gasteiger partial charge on any atom is 0.311 e. The third-order valence-corrected chi connectivity index (χ3v) is 3.73. The number of carboxylic acids is 1. The number of aromatic nitrogens is 2. The van der Waals surface area contributed by atoms with Crippen molar-refractivity contribution in [1.82, 2.24) is 14.9 Å². The lowest BCUT2D eigenvalue weighted by Crippen LogP contribution is -2.43. The van der Waals surface area contributed by atoms with Gasteiger partial charge in [0.25, 0.3) is 0 Å². The van der Waals surface area contributed by atoms with Gasteiger partial charge < -0.3 is 19.7 Å². The van der Waals surface area contributed by atoms with Gasteiger partial charge in [-0.1, -0.05) is 13.3 Å². The Kier molecular flexibility index (Phi) is 5.32. The van der Waals surface area contributed by atoms with Crippen molar-refractivity contribution in [3.63, 3.8) is 0 Å². The van der Waals surface area contributed by atoms with E-state index in [1.807, 2.05) is 10.8 Å². The second-order valence-corrected chi connectivity index (χ2v) is 5.31. The van der Waals surface area contributed by atoms with Crippen LogP contribution in [0.1, 0.15) is 32.2 Å². The number of nitrogens with zero attached hydrogens (tertiary/aromatic N) is 2. The van der Waals surface area contributed by atoms with Crippen LogP contribution in [-0.2, 0) is 14.3 Å². The first-order valence-corrected chi connectivity index (χ1v) is 7.19. The predicted octanol–water partition coefficient (Wildman–Crippen LogP) is 0.830. The summed E-state index contributed by atoms with van der Waals surface area (Å²) >= 11 is 0. The molecule has 21 heavy (non-hydrogen) atoms. The molecule has 0 radical (unpaired) electrons. The van der Waals surface area contributed by atoms with E-state index in [4.69, 9.17) is 9.84 Å². The van der Waals surface area contributed by atoms with Gasteiger partial charge in [-0.3, -0.25) is 9.59 Å². The smallest absolute Gasteiger partial charge is 0.311 e. The highest BCUT2D eigenvalue weighted by atomic mass is 16.5. The van der Waals surface area contributed by atoms with Crippen molar-refractivity contribution < 1.29 is 19.4 Å². The number of rotatable bonds is 7. The number of carboxylic acid groups (broad SMARTS) is 1. The molecule has 1 aliphatic heterocycles. The molecule has 7 nitrogen and oxygen atoms in total. The van der Waals surface area contributed by atoms with Crippen LogP contribution in [0.2, 0.25) is 0 Å². The monoisotopic (exact) mass is 295 g/mol. The van der Waals surface area contributed by atoms with Crippen molar-refractivity contribution in [1.29, 1.82) is 0 Å².